The smallest absolute Gasteiger partial charge is 0.243 e. The summed E-state index contributed by atoms with van der Waals surface area (Å²) >= 11 is 1.54. The molecule has 1 aromatic carbocycles. The fourth-order valence-electron chi connectivity index (χ4n) is 4.55. The lowest BCUT2D eigenvalue weighted by Crippen LogP contribution is -2.57. The molecule has 1 saturated carbocycles. The van der Waals surface area contributed by atoms with E-state index >= 15 is 0 Å². The summed E-state index contributed by atoms with van der Waals surface area (Å²) in [6.07, 6.45) is 4.25. The molecule has 11 heteroatoms. The van der Waals surface area contributed by atoms with Crippen LogP contribution >= 0.6 is 11.8 Å². The van der Waals surface area contributed by atoms with Crippen molar-refractivity contribution in [2.45, 2.75) is 70.6 Å². The van der Waals surface area contributed by atoms with Crippen LogP contribution in [0.25, 0.3) is 0 Å². The zero-order valence-corrected chi connectivity index (χ0v) is 24.0. The summed E-state index contributed by atoms with van der Waals surface area (Å²) in [5.41, 5.74) is 0.965. The van der Waals surface area contributed by atoms with E-state index < -0.39 is 47.8 Å². The molecule has 0 unspecified atom stereocenters. The Bertz CT molecular complexity index is 1030. The monoisotopic (exact) mass is 559 g/mol. The van der Waals surface area contributed by atoms with Gasteiger partial charge in [0.25, 0.3) is 0 Å². The van der Waals surface area contributed by atoms with Crippen molar-refractivity contribution >= 4 is 41.3 Å². The van der Waals surface area contributed by atoms with Crippen molar-refractivity contribution in [3.63, 3.8) is 0 Å². The van der Waals surface area contributed by atoms with E-state index in [1.807, 2.05) is 50.4 Å². The molecule has 1 saturated heterocycles. The largest absolute Gasteiger partial charge is 0.349 e. The SMILES string of the molecule is CSCC[C@@H]1NC(=O)[C@H](C(C)C)NC(=O)CN(C(=O)C2CC2)C[C@@H](Cc2ccccc2)NC(=O)[C@H](C)NC1=O. The minimum absolute atomic E-state index is 0.124. The van der Waals surface area contributed by atoms with Gasteiger partial charge in [0.2, 0.25) is 29.5 Å². The van der Waals surface area contributed by atoms with Gasteiger partial charge in [-0.15, -0.1) is 0 Å². The van der Waals surface area contributed by atoms with Crippen LogP contribution in [0.3, 0.4) is 0 Å². The lowest BCUT2D eigenvalue weighted by molar-refractivity contribution is -0.139. The second-order valence-corrected chi connectivity index (χ2v) is 11.7. The van der Waals surface area contributed by atoms with Crippen molar-refractivity contribution in [3.8, 4) is 0 Å². The molecule has 0 radical (unpaired) electrons. The van der Waals surface area contributed by atoms with Gasteiger partial charge in [-0.2, -0.15) is 11.8 Å². The van der Waals surface area contributed by atoms with E-state index in [0.29, 0.717) is 18.6 Å². The van der Waals surface area contributed by atoms with Gasteiger partial charge in [-0.25, -0.2) is 0 Å². The molecule has 2 fully saturated rings. The van der Waals surface area contributed by atoms with Crippen LogP contribution in [-0.2, 0) is 30.4 Å². The number of hydrogen-bond acceptors (Lipinski definition) is 6. The van der Waals surface area contributed by atoms with Crippen molar-refractivity contribution in [2.75, 3.05) is 25.1 Å². The van der Waals surface area contributed by atoms with E-state index in [4.69, 9.17) is 0 Å². The van der Waals surface area contributed by atoms with Crippen LogP contribution in [0.4, 0.5) is 0 Å². The number of carbonyl (C=O) groups excluding carboxylic acids is 5. The maximum Gasteiger partial charge on any atom is 0.243 e. The molecular formula is C28H41N5O5S. The summed E-state index contributed by atoms with van der Waals surface area (Å²) in [7, 11) is 0. The third-order valence-electron chi connectivity index (χ3n) is 6.95. The van der Waals surface area contributed by atoms with E-state index in [9.17, 15) is 24.0 Å². The summed E-state index contributed by atoms with van der Waals surface area (Å²) in [6, 6.07) is 6.46. The number of nitrogens with one attached hydrogen (secondary N) is 4. The molecule has 0 bridgehead atoms. The molecule has 4 N–H and O–H groups in total. The highest BCUT2D eigenvalue weighted by atomic mass is 32.2. The minimum Gasteiger partial charge on any atom is -0.349 e. The van der Waals surface area contributed by atoms with Crippen LogP contribution in [-0.4, -0.2) is 83.7 Å². The van der Waals surface area contributed by atoms with Crippen LogP contribution in [0.5, 0.6) is 0 Å². The third-order valence-corrected chi connectivity index (χ3v) is 7.59. The van der Waals surface area contributed by atoms with Crippen molar-refractivity contribution in [1.29, 1.82) is 0 Å². The maximum atomic E-state index is 13.2. The zero-order chi connectivity index (χ0) is 28.5. The first-order valence-electron chi connectivity index (χ1n) is 13.6. The minimum atomic E-state index is -0.887. The van der Waals surface area contributed by atoms with Gasteiger partial charge in [0.1, 0.15) is 18.1 Å². The molecule has 214 valence electrons. The molecule has 0 spiro atoms. The number of amides is 5. The highest BCUT2D eigenvalue weighted by Gasteiger charge is 2.37. The van der Waals surface area contributed by atoms with Crippen LogP contribution in [0.1, 0.15) is 45.6 Å². The van der Waals surface area contributed by atoms with Crippen molar-refractivity contribution in [1.82, 2.24) is 26.2 Å². The highest BCUT2D eigenvalue weighted by molar-refractivity contribution is 7.98. The van der Waals surface area contributed by atoms with E-state index in [2.05, 4.69) is 21.3 Å². The topological polar surface area (TPSA) is 137 Å². The Kier molecular flexibility index (Phi) is 11.2. The molecule has 0 aromatic heterocycles. The Morgan fingerprint density at radius 3 is 2.28 bits per heavy atom. The fraction of sp³-hybridized carbons (Fsp3) is 0.607. The zero-order valence-electron chi connectivity index (χ0n) is 23.2. The van der Waals surface area contributed by atoms with Gasteiger partial charge in [0, 0.05) is 12.5 Å². The van der Waals surface area contributed by atoms with E-state index in [-0.39, 0.29) is 30.8 Å². The van der Waals surface area contributed by atoms with Gasteiger partial charge in [0.05, 0.1) is 12.6 Å². The number of thioether (sulfide) groups is 1. The number of rotatable bonds is 7. The molecule has 5 amide bonds. The molecule has 4 atom stereocenters. The quantitative estimate of drug-likeness (QED) is 0.391. The highest BCUT2D eigenvalue weighted by Crippen LogP contribution is 2.31. The normalized spacial score (nSPS) is 25.6. The Labute approximate surface area is 234 Å². The van der Waals surface area contributed by atoms with Gasteiger partial charge in [0.15, 0.2) is 0 Å². The second kappa shape index (κ2) is 14.3. The first kappa shape index (κ1) is 30.5. The van der Waals surface area contributed by atoms with Gasteiger partial charge in [-0.1, -0.05) is 44.2 Å². The summed E-state index contributed by atoms with van der Waals surface area (Å²) in [5, 5.41) is 11.3. The van der Waals surface area contributed by atoms with Gasteiger partial charge >= 0.3 is 0 Å². The molecule has 2 aliphatic rings. The molecule has 1 aliphatic carbocycles. The predicted octanol–water partition coefficient (Wildman–Crippen LogP) is 0.850. The lowest BCUT2D eigenvalue weighted by atomic mass is 10.0. The van der Waals surface area contributed by atoms with Gasteiger partial charge in [-0.05, 0) is 56.1 Å². The Morgan fingerprint density at radius 1 is 0.974 bits per heavy atom. The van der Waals surface area contributed by atoms with Crippen LogP contribution in [0.2, 0.25) is 0 Å². The van der Waals surface area contributed by atoms with E-state index in [1.165, 1.54) is 16.7 Å². The molecule has 1 aliphatic heterocycles. The Morgan fingerprint density at radius 2 is 1.67 bits per heavy atom. The first-order chi connectivity index (χ1) is 18.6. The maximum absolute atomic E-state index is 13.2. The average molecular weight is 560 g/mol. The number of hydrogen-bond donors (Lipinski definition) is 4. The Hall–Kier alpha value is -3.08. The number of benzene rings is 1. The van der Waals surface area contributed by atoms with Crippen molar-refractivity contribution < 1.29 is 24.0 Å². The summed E-state index contributed by atoms with van der Waals surface area (Å²) in [6.45, 7) is 5.11. The average Bonchev–Trinajstić information content (AvgIpc) is 3.74. The molecular weight excluding hydrogens is 518 g/mol. The molecule has 1 heterocycles. The van der Waals surface area contributed by atoms with Gasteiger partial charge in [-0.3, -0.25) is 24.0 Å². The third kappa shape index (κ3) is 9.26. The number of carbonyl (C=O) groups is 5. The summed E-state index contributed by atoms with van der Waals surface area (Å²) < 4.78 is 0. The predicted molar refractivity (Wildman–Crippen MR) is 151 cm³/mol. The van der Waals surface area contributed by atoms with Crippen LogP contribution < -0.4 is 21.3 Å². The first-order valence-corrected chi connectivity index (χ1v) is 15.0. The Balaban J connectivity index is 1.93. The van der Waals surface area contributed by atoms with Crippen LogP contribution in [0, 0.1) is 11.8 Å². The molecule has 10 nitrogen and oxygen atoms in total. The summed E-state index contributed by atoms with van der Waals surface area (Å²) in [4.78, 5) is 67.4. The fourth-order valence-corrected chi connectivity index (χ4v) is 5.02. The summed E-state index contributed by atoms with van der Waals surface area (Å²) in [5.74, 6) is -1.71. The van der Waals surface area contributed by atoms with Crippen LogP contribution in [0.15, 0.2) is 30.3 Å². The number of nitrogens with zero attached hydrogens (tertiary/aromatic N) is 1. The van der Waals surface area contributed by atoms with Crippen molar-refractivity contribution in [2.24, 2.45) is 11.8 Å². The van der Waals surface area contributed by atoms with E-state index in [0.717, 1.165) is 18.4 Å². The molecule has 3 rings (SSSR count). The standard InChI is InChI=1S/C28H41N5O5S/c1-17(2)24-27(37)31-22(12-13-39-4)26(36)29-18(3)25(35)30-21(14-19-8-6-5-7-9-19)15-33(16-23(34)32-24)28(38)20-10-11-20/h5-9,17-18,20-22,24H,10-16H2,1-4H3,(H,29,36)(H,30,35)(H,31,37)(H,32,34)/t18-,21+,22-,24-/m0/s1. The van der Waals surface area contributed by atoms with Gasteiger partial charge < -0.3 is 26.2 Å². The lowest BCUT2D eigenvalue weighted by Gasteiger charge is -2.30. The van der Waals surface area contributed by atoms with Crippen molar-refractivity contribution in [3.05, 3.63) is 35.9 Å². The molecule has 39 heavy (non-hydrogen) atoms. The molecule has 1 aromatic rings. The van der Waals surface area contributed by atoms with E-state index in [1.54, 1.807) is 6.92 Å². The second-order valence-electron chi connectivity index (χ2n) is 10.8.